The normalized spacial score (nSPS) is 10.9. The third-order valence-electron chi connectivity index (χ3n) is 5.59. The van der Waals surface area contributed by atoms with Crippen molar-refractivity contribution in [1.29, 1.82) is 0 Å². The molecule has 0 bridgehead atoms. The van der Waals surface area contributed by atoms with Crippen LogP contribution in [-0.4, -0.2) is 37.9 Å². The largest absolute Gasteiger partial charge is 0.494 e. The first-order chi connectivity index (χ1) is 18.8. The summed E-state index contributed by atoms with van der Waals surface area (Å²) in [6.45, 7) is 10.8. The first-order valence-corrected chi connectivity index (χ1v) is 13.1. The summed E-state index contributed by atoms with van der Waals surface area (Å²) in [5.41, 5.74) is 5.61. The summed E-state index contributed by atoms with van der Waals surface area (Å²) in [5, 5.41) is 4.02. The molecule has 0 fully saturated rings. The van der Waals surface area contributed by atoms with E-state index in [4.69, 9.17) is 18.9 Å². The maximum Gasteiger partial charge on any atom is 0.343 e. The van der Waals surface area contributed by atoms with E-state index in [-0.39, 0.29) is 24.2 Å². The number of aryl methyl sites for hydroxylation is 1. The van der Waals surface area contributed by atoms with E-state index in [1.54, 1.807) is 42.5 Å². The van der Waals surface area contributed by atoms with E-state index in [1.807, 2.05) is 39.0 Å². The number of ether oxygens (including phenoxy) is 4. The Labute approximate surface area is 229 Å². The minimum atomic E-state index is -0.513. The first-order valence-electron chi connectivity index (χ1n) is 13.1. The smallest absolute Gasteiger partial charge is 0.343 e. The third-order valence-corrected chi connectivity index (χ3v) is 5.59. The van der Waals surface area contributed by atoms with Crippen LogP contribution < -0.4 is 24.4 Å². The van der Waals surface area contributed by atoms with Crippen molar-refractivity contribution in [1.82, 2.24) is 5.43 Å². The monoisotopic (exact) mass is 532 g/mol. The average molecular weight is 533 g/mol. The van der Waals surface area contributed by atoms with Crippen molar-refractivity contribution in [2.45, 2.75) is 47.0 Å². The van der Waals surface area contributed by atoms with Gasteiger partial charge in [0.2, 0.25) is 0 Å². The summed E-state index contributed by atoms with van der Waals surface area (Å²) >= 11 is 0. The van der Waals surface area contributed by atoms with Crippen LogP contribution >= 0.6 is 0 Å². The number of amides is 1. The lowest BCUT2D eigenvalue weighted by Crippen LogP contribution is -2.25. The fourth-order valence-electron chi connectivity index (χ4n) is 3.62. The summed E-state index contributed by atoms with van der Waals surface area (Å²) < 4.78 is 22.5. The fraction of sp³-hybridized carbons (Fsp3) is 0.323. The van der Waals surface area contributed by atoms with Gasteiger partial charge in [-0.05, 0) is 91.4 Å². The van der Waals surface area contributed by atoms with Gasteiger partial charge in [-0.25, -0.2) is 10.2 Å². The predicted molar refractivity (Wildman–Crippen MR) is 151 cm³/mol. The van der Waals surface area contributed by atoms with E-state index in [9.17, 15) is 9.59 Å². The van der Waals surface area contributed by atoms with Gasteiger partial charge in [0.15, 0.2) is 18.1 Å². The second-order valence-electron chi connectivity index (χ2n) is 9.18. The van der Waals surface area contributed by atoms with Gasteiger partial charge in [-0.3, -0.25) is 4.79 Å². The lowest BCUT2D eigenvalue weighted by Gasteiger charge is -2.14. The van der Waals surface area contributed by atoms with Gasteiger partial charge in [0, 0.05) is 0 Å². The second-order valence-corrected chi connectivity index (χ2v) is 9.18. The number of hydrogen-bond acceptors (Lipinski definition) is 7. The fourth-order valence-corrected chi connectivity index (χ4v) is 3.62. The van der Waals surface area contributed by atoms with E-state index < -0.39 is 5.97 Å². The molecule has 0 aliphatic rings. The number of hydrogen-bond donors (Lipinski definition) is 1. The molecule has 0 saturated heterocycles. The molecular weight excluding hydrogens is 496 g/mol. The molecule has 0 atom stereocenters. The van der Waals surface area contributed by atoms with Gasteiger partial charge in [0.1, 0.15) is 11.5 Å². The van der Waals surface area contributed by atoms with Gasteiger partial charge in [-0.1, -0.05) is 32.9 Å². The van der Waals surface area contributed by atoms with E-state index in [1.165, 1.54) is 6.21 Å². The number of carbonyl (C=O) groups excluding carboxylic acids is 2. The topological polar surface area (TPSA) is 95.5 Å². The molecule has 1 N–H and O–H groups in total. The van der Waals surface area contributed by atoms with Crippen molar-refractivity contribution in [3.8, 4) is 23.0 Å². The molecule has 3 aromatic rings. The number of hydrazone groups is 1. The summed E-state index contributed by atoms with van der Waals surface area (Å²) in [6.07, 6.45) is 2.38. The van der Waals surface area contributed by atoms with Crippen molar-refractivity contribution in [2.75, 3.05) is 19.8 Å². The summed E-state index contributed by atoms with van der Waals surface area (Å²) in [4.78, 5) is 24.9. The summed E-state index contributed by atoms with van der Waals surface area (Å²) in [5.74, 6) is 1.42. The average Bonchev–Trinajstić information content (AvgIpc) is 2.92. The first kappa shape index (κ1) is 29.2. The third kappa shape index (κ3) is 8.88. The number of rotatable bonds is 13. The molecular formula is C31H36N2O6. The van der Waals surface area contributed by atoms with Gasteiger partial charge >= 0.3 is 5.97 Å². The Balaban J connectivity index is 1.59. The Hall–Kier alpha value is -4.33. The Morgan fingerprint density at radius 1 is 0.897 bits per heavy atom. The lowest BCUT2D eigenvalue weighted by molar-refractivity contribution is -0.123. The van der Waals surface area contributed by atoms with Gasteiger partial charge in [-0.2, -0.15) is 5.10 Å². The molecule has 0 aromatic heterocycles. The molecule has 0 aliphatic heterocycles. The zero-order valence-electron chi connectivity index (χ0n) is 23.2. The molecule has 0 saturated carbocycles. The molecule has 8 heteroatoms. The van der Waals surface area contributed by atoms with Crippen LogP contribution in [0.5, 0.6) is 23.0 Å². The standard InChI is InChI=1S/C31H36N2O6/c1-6-16-37-25-12-10-24(11-13-25)31(35)39-27-15-9-23(18-29(27)36-7-2)19-32-33-30(34)20-38-28-17-22(5)8-14-26(28)21(3)4/h8-15,17-19,21H,6-7,16,20H2,1-5H3,(H,33,34). The maximum absolute atomic E-state index is 12.7. The molecule has 3 rings (SSSR count). The van der Waals surface area contributed by atoms with E-state index in [0.717, 1.165) is 17.5 Å². The highest BCUT2D eigenvalue weighted by molar-refractivity contribution is 5.92. The zero-order valence-corrected chi connectivity index (χ0v) is 23.2. The van der Waals surface area contributed by atoms with Crippen LogP contribution in [-0.2, 0) is 4.79 Å². The van der Waals surface area contributed by atoms with Crippen LogP contribution in [0.15, 0.2) is 65.8 Å². The van der Waals surface area contributed by atoms with Crippen LogP contribution in [0.2, 0.25) is 0 Å². The van der Waals surface area contributed by atoms with E-state index >= 15 is 0 Å². The zero-order chi connectivity index (χ0) is 28.2. The van der Waals surface area contributed by atoms with Crippen LogP contribution in [0, 0.1) is 6.92 Å². The molecule has 39 heavy (non-hydrogen) atoms. The number of benzene rings is 3. The Morgan fingerprint density at radius 3 is 2.36 bits per heavy atom. The van der Waals surface area contributed by atoms with Crippen LogP contribution in [0.25, 0.3) is 0 Å². The van der Waals surface area contributed by atoms with Gasteiger partial charge in [0.05, 0.1) is 25.0 Å². The quantitative estimate of drug-likeness (QED) is 0.125. The maximum atomic E-state index is 12.7. The number of nitrogens with zero attached hydrogens (tertiary/aromatic N) is 1. The minimum absolute atomic E-state index is 0.161. The van der Waals surface area contributed by atoms with Crippen LogP contribution in [0.4, 0.5) is 0 Å². The summed E-state index contributed by atoms with van der Waals surface area (Å²) in [7, 11) is 0. The van der Waals surface area contributed by atoms with Crippen molar-refractivity contribution in [3.05, 3.63) is 82.9 Å². The molecule has 3 aromatic carbocycles. The van der Waals surface area contributed by atoms with Crippen LogP contribution in [0.3, 0.4) is 0 Å². The van der Waals surface area contributed by atoms with Crippen molar-refractivity contribution >= 4 is 18.1 Å². The van der Waals surface area contributed by atoms with Gasteiger partial charge in [-0.15, -0.1) is 0 Å². The molecule has 0 unspecified atom stereocenters. The molecule has 0 heterocycles. The van der Waals surface area contributed by atoms with Gasteiger partial charge < -0.3 is 18.9 Å². The molecule has 1 amide bonds. The van der Waals surface area contributed by atoms with Gasteiger partial charge in [0.25, 0.3) is 5.91 Å². The summed E-state index contributed by atoms with van der Waals surface area (Å²) in [6, 6.07) is 17.8. The van der Waals surface area contributed by atoms with Crippen molar-refractivity contribution < 1.29 is 28.5 Å². The van der Waals surface area contributed by atoms with Crippen LogP contribution in [0.1, 0.15) is 67.1 Å². The van der Waals surface area contributed by atoms with Crippen molar-refractivity contribution in [3.63, 3.8) is 0 Å². The highest BCUT2D eigenvalue weighted by Gasteiger charge is 2.14. The number of carbonyl (C=O) groups is 2. The molecule has 206 valence electrons. The highest BCUT2D eigenvalue weighted by Crippen LogP contribution is 2.29. The molecule has 0 radical (unpaired) electrons. The molecule has 8 nitrogen and oxygen atoms in total. The highest BCUT2D eigenvalue weighted by atomic mass is 16.6. The lowest BCUT2D eigenvalue weighted by atomic mass is 10.0. The Morgan fingerprint density at radius 2 is 1.67 bits per heavy atom. The SMILES string of the molecule is CCCOc1ccc(C(=O)Oc2ccc(C=NNC(=O)COc3cc(C)ccc3C(C)C)cc2OCC)cc1. The van der Waals surface area contributed by atoms with E-state index in [2.05, 4.69) is 24.4 Å². The minimum Gasteiger partial charge on any atom is -0.494 e. The molecule has 0 aliphatic carbocycles. The number of esters is 1. The number of nitrogens with one attached hydrogen (secondary N) is 1. The Bertz CT molecular complexity index is 1280. The second kappa shape index (κ2) is 14.6. The molecule has 0 spiro atoms. The van der Waals surface area contributed by atoms with E-state index in [0.29, 0.717) is 41.6 Å². The van der Waals surface area contributed by atoms with Crippen molar-refractivity contribution in [2.24, 2.45) is 5.10 Å². The Kier molecular flexibility index (Phi) is 10.9. The predicted octanol–water partition coefficient (Wildman–Crippen LogP) is 6.05.